The minimum atomic E-state index is -4.94. The summed E-state index contributed by atoms with van der Waals surface area (Å²) in [6.07, 6.45) is -3.49. The molecule has 1 aliphatic carbocycles. The van der Waals surface area contributed by atoms with Crippen LogP contribution >= 0.6 is 0 Å². The van der Waals surface area contributed by atoms with Crippen LogP contribution in [0.2, 0.25) is 0 Å². The molecule has 0 fully saturated rings. The molecule has 0 spiro atoms. The van der Waals surface area contributed by atoms with Gasteiger partial charge in [0.2, 0.25) is 0 Å². The van der Waals surface area contributed by atoms with Crippen molar-refractivity contribution in [3.8, 4) is 0 Å². The molecule has 0 aromatic heterocycles. The molecule has 0 amide bonds. The lowest BCUT2D eigenvalue weighted by molar-refractivity contribution is -0.388. The Morgan fingerprint density at radius 2 is 1.86 bits per heavy atom. The van der Waals surface area contributed by atoms with E-state index in [0.717, 1.165) is 12.1 Å². The van der Waals surface area contributed by atoms with Crippen LogP contribution in [0.1, 0.15) is 42.7 Å². The Labute approximate surface area is 163 Å². The van der Waals surface area contributed by atoms with E-state index >= 15 is 0 Å². The topological polar surface area (TPSA) is 106 Å². The maximum atomic E-state index is 13.2. The average Bonchev–Trinajstić information content (AvgIpc) is 2.94. The molecule has 154 valence electrons. The van der Waals surface area contributed by atoms with Gasteiger partial charge in [0.1, 0.15) is 5.56 Å². The van der Waals surface area contributed by atoms with E-state index in [1.54, 1.807) is 0 Å². The maximum absolute atomic E-state index is 13.2. The first-order valence-electron chi connectivity index (χ1n) is 8.85. The smallest absolute Gasteiger partial charge is 0.361 e. The molecule has 0 bridgehead atoms. The second-order valence-corrected chi connectivity index (χ2v) is 9.25. The molecule has 4 rings (SSSR count). The lowest BCUT2D eigenvalue weighted by Gasteiger charge is -2.33. The first kappa shape index (κ1) is 19.6. The summed E-state index contributed by atoms with van der Waals surface area (Å²) in [4.78, 5) is 22.7. The quantitative estimate of drug-likeness (QED) is 0.572. The summed E-state index contributed by atoms with van der Waals surface area (Å²) in [5, 5.41) is 14.3. The number of benzene rings is 1. The molecule has 1 atom stereocenters. The van der Waals surface area contributed by atoms with E-state index in [-0.39, 0.29) is 40.4 Å². The Balaban J connectivity index is 1.96. The summed E-state index contributed by atoms with van der Waals surface area (Å²) in [7, 11) is -3.75. The van der Waals surface area contributed by atoms with E-state index in [1.807, 2.05) is 0 Å². The number of nitrogens with zero attached hydrogens (tertiary/aromatic N) is 1. The van der Waals surface area contributed by atoms with Gasteiger partial charge in [-0.1, -0.05) is 6.07 Å². The van der Waals surface area contributed by atoms with Crippen LogP contribution in [-0.2, 0) is 20.8 Å². The number of rotatable bonds is 2. The summed E-state index contributed by atoms with van der Waals surface area (Å²) >= 11 is 0. The Bertz CT molecular complexity index is 1120. The third-order valence-electron chi connectivity index (χ3n) is 5.42. The van der Waals surface area contributed by atoms with Crippen molar-refractivity contribution in [2.24, 2.45) is 0 Å². The third kappa shape index (κ3) is 3.13. The number of nitro benzene ring substituents is 1. The highest BCUT2D eigenvalue weighted by Crippen LogP contribution is 2.48. The lowest BCUT2D eigenvalue weighted by atomic mass is 9.79. The summed E-state index contributed by atoms with van der Waals surface area (Å²) in [6.45, 7) is 0. The molecule has 7 nitrogen and oxygen atoms in total. The fourth-order valence-corrected chi connectivity index (χ4v) is 6.05. The molecule has 11 heteroatoms. The van der Waals surface area contributed by atoms with Crippen LogP contribution in [0.25, 0.3) is 0 Å². The van der Waals surface area contributed by atoms with Crippen molar-refractivity contribution in [2.45, 2.75) is 37.8 Å². The molecule has 2 aliphatic heterocycles. The van der Waals surface area contributed by atoms with Gasteiger partial charge in [0.05, 0.1) is 21.5 Å². The van der Waals surface area contributed by atoms with Gasteiger partial charge in [-0.25, -0.2) is 8.42 Å². The minimum absolute atomic E-state index is 0.00748. The van der Waals surface area contributed by atoms with Crippen molar-refractivity contribution in [3.05, 3.63) is 61.3 Å². The molecular formula is C18H15F3N2O5S. The highest BCUT2D eigenvalue weighted by atomic mass is 32.2. The van der Waals surface area contributed by atoms with Crippen molar-refractivity contribution in [1.82, 2.24) is 5.32 Å². The first-order valence-corrected chi connectivity index (χ1v) is 10.5. The molecule has 0 saturated carbocycles. The number of hydrogen-bond acceptors (Lipinski definition) is 6. The van der Waals surface area contributed by atoms with E-state index in [4.69, 9.17) is 0 Å². The summed E-state index contributed by atoms with van der Waals surface area (Å²) in [6, 6.07) is 2.34. The molecule has 3 aliphatic rings. The molecule has 1 N–H and O–H groups in total. The van der Waals surface area contributed by atoms with Gasteiger partial charge in [-0.15, -0.1) is 0 Å². The second-order valence-electron chi connectivity index (χ2n) is 7.17. The molecule has 2 heterocycles. The van der Waals surface area contributed by atoms with Crippen molar-refractivity contribution >= 4 is 21.3 Å². The number of carbonyl (C=O) groups is 1. The predicted molar refractivity (Wildman–Crippen MR) is 95.3 cm³/mol. The van der Waals surface area contributed by atoms with Crippen LogP contribution in [-0.4, -0.2) is 24.9 Å². The number of hydrogen-bond donors (Lipinski definition) is 1. The van der Waals surface area contributed by atoms with Gasteiger partial charge in [0, 0.05) is 35.9 Å². The molecule has 0 radical (unpaired) electrons. The second kappa shape index (κ2) is 6.41. The van der Waals surface area contributed by atoms with Gasteiger partial charge in [-0.3, -0.25) is 14.9 Å². The zero-order valence-corrected chi connectivity index (χ0v) is 15.7. The van der Waals surface area contributed by atoms with E-state index in [2.05, 4.69) is 5.32 Å². The number of sulfone groups is 1. The molecule has 1 aromatic carbocycles. The van der Waals surface area contributed by atoms with Gasteiger partial charge in [-0.2, -0.15) is 13.2 Å². The van der Waals surface area contributed by atoms with Crippen LogP contribution in [0, 0.1) is 10.1 Å². The van der Waals surface area contributed by atoms with E-state index in [1.165, 1.54) is 0 Å². The lowest BCUT2D eigenvalue weighted by Crippen LogP contribution is -2.32. The van der Waals surface area contributed by atoms with Gasteiger partial charge >= 0.3 is 6.18 Å². The molecule has 1 unspecified atom stereocenters. The van der Waals surface area contributed by atoms with Crippen LogP contribution in [0.4, 0.5) is 18.9 Å². The van der Waals surface area contributed by atoms with Crippen molar-refractivity contribution in [1.29, 1.82) is 0 Å². The largest absolute Gasteiger partial charge is 0.422 e. The van der Waals surface area contributed by atoms with Crippen LogP contribution < -0.4 is 5.32 Å². The van der Waals surface area contributed by atoms with Gasteiger partial charge in [0.25, 0.3) is 5.69 Å². The fraction of sp³-hybridized carbons (Fsp3) is 0.389. The number of halogens is 3. The number of nitro groups is 1. The van der Waals surface area contributed by atoms with E-state index in [9.17, 15) is 36.5 Å². The average molecular weight is 428 g/mol. The fourth-order valence-electron chi connectivity index (χ4n) is 4.21. The third-order valence-corrected chi connectivity index (χ3v) is 7.31. The first-order chi connectivity index (χ1) is 13.5. The number of allylic oxidation sites excluding steroid dienone is 4. The van der Waals surface area contributed by atoms with Gasteiger partial charge in [0.15, 0.2) is 15.6 Å². The summed E-state index contributed by atoms with van der Waals surface area (Å²) in [5.41, 5.74) is -1.47. The highest BCUT2D eigenvalue weighted by molar-refractivity contribution is 7.95. The zero-order chi connectivity index (χ0) is 21.1. The number of Topliss-reactive ketones (excluding diaryl/α,β-unsaturated/α-hetero) is 1. The maximum Gasteiger partial charge on any atom is 0.422 e. The van der Waals surface area contributed by atoms with Crippen LogP contribution in [0.5, 0.6) is 0 Å². The Morgan fingerprint density at radius 3 is 2.52 bits per heavy atom. The van der Waals surface area contributed by atoms with E-state index < -0.39 is 38.1 Å². The standard InChI is InChI=1S/C18H15F3N2O5S/c19-18(20,21)10-5-4-9(8-13(10)23(25)26)15-16-11(2-1-3-14(16)24)22-12-6-7-29(27,28)17(12)15/h4-5,8,15,22H,1-3,6-7H2. The van der Waals surface area contributed by atoms with Gasteiger partial charge < -0.3 is 5.32 Å². The normalized spacial score (nSPS) is 23.6. The van der Waals surface area contributed by atoms with E-state index in [0.29, 0.717) is 30.3 Å². The zero-order valence-electron chi connectivity index (χ0n) is 14.9. The number of dihydropyridines is 1. The SMILES string of the molecule is O=C1CCCC2=C1C(c1ccc(C(F)(F)F)c([N+](=O)[O-])c1)C1=C(CCS1(=O)=O)N2. The number of nitrogens with one attached hydrogen (secondary N) is 1. The van der Waals surface area contributed by atoms with Crippen molar-refractivity contribution in [2.75, 3.05) is 5.75 Å². The molecule has 0 saturated heterocycles. The molecule has 29 heavy (non-hydrogen) atoms. The monoisotopic (exact) mass is 428 g/mol. The van der Waals surface area contributed by atoms with Crippen LogP contribution in [0.3, 0.4) is 0 Å². The summed E-state index contributed by atoms with van der Waals surface area (Å²) < 4.78 is 64.8. The highest BCUT2D eigenvalue weighted by Gasteiger charge is 2.46. The number of ketones is 1. The number of alkyl halides is 3. The Morgan fingerprint density at radius 1 is 1.14 bits per heavy atom. The summed E-state index contributed by atoms with van der Waals surface area (Å²) in [5.74, 6) is -1.62. The number of carbonyl (C=O) groups excluding carboxylic acids is 1. The Kier molecular flexibility index (Phi) is 4.34. The molecular weight excluding hydrogens is 413 g/mol. The van der Waals surface area contributed by atoms with Crippen molar-refractivity contribution in [3.63, 3.8) is 0 Å². The minimum Gasteiger partial charge on any atom is -0.361 e. The predicted octanol–water partition coefficient (Wildman–Crippen LogP) is 3.34. The van der Waals surface area contributed by atoms with Crippen molar-refractivity contribution < 1.29 is 31.3 Å². The Hall–Kier alpha value is -2.69. The van der Waals surface area contributed by atoms with Crippen LogP contribution in [0.15, 0.2) is 40.1 Å². The van der Waals surface area contributed by atoms with Gasteiger partial charge in [-0.05, 0) is 24.5 Å². The molecule has 1 aromatic rings.